The topological polar surface area (TPSA) is 13.1 Å². The molecule has 0 aliphatic heterocycles. The molecule has 12 rings (SSSR count). The van der Waals surface area contributed by atoms with Crippen LogP contribution in [-0.4, -0.2) is 0 Å². The second-order valence-electron chi connectivity index (χ2n) is 14.5. The molecular weight excluding hydrogens is 544 g/mol. The molecule has 1 aromatic heterocycles. The molecule has 0 N–H and O–H groups in total. The summed E-state index contributed by atoms with van der Waals surface area (Å²) in [7, 11) is 0. The third kappa shape index (κ3) is 3.24. The maximum atomic E-state index is 6.57. The van der Waals surface area contributed by atoms with E-state index in [1.54, 1.807) is 11.1 Å². The number of furan rings is 1. The lowest BCUT2D eigenvalue weighted by Crippen LogP contribution is -2.55. The monoisotopic (exact) mass is 578 g/mol. The zero-order valence-electron chi connectivity index (χ0n) is 25.3. The largest absolute Gasteiger partial charge is 0.456 e. The predicted molar refractivity (Wildman–Crippen MR) is 185 cm³/mol. The molecule has 5 aliphatic rings. The highest BCUT2D eigenvalue weighted by molar-refractivity contribution is 6.14. The van der Waals surface area contributed by atoms with Crippen LogP contribution in [0.1, 0.15) is 43.2 Å². The summed E-state index contributed by atoms with van der Waals surface area (Å²) in [6.45, 7) is 0. The van der Waals surface area contributed by atoms with E-state index in [4.69, 9.17) is 4.42 Å². The molecule has 4 bridgehead atoms. The van der Waals surface area contributed by atoms with Crippen LogP contribution in [0.25, 0.3) is 66.1 Å². The standard InChI is InChI=1S/C44H34O/c1-2-8-29-22-30(14-13-28(29)7-1)32-24-37(43-36-10-4-6-12-41(36)45-42(43)25-32)31-15-16-40-38(23-31)35-9-3-5-11-39(35)44(40)33-18-26-17-27(20-33)21-34(44)19-26/h1-16,22-27,33-34H,17-21H2. The molecular formula is C44H34O. The van der Waals surface area contributed by atoms with Gasteiger partial charge < -0.3 is 4.42 Å². The van der Waals surface area contributed by atoms with Crippen LogP contribution in [0.15, 0.2) is 126 Å². The second kappa shape index (κ2) is 8.76. The summed E-state index contributed by atoms with van der Waals surface area (Å²) < 4.78 is 6.57. The average molecular weight is 579 g/mol. The number of hydrogen-bond donors (Lipinski definition) is 0. The van der Waals surface area contributed by atoms with Gasteiger partial charge in [-0.15, -0.1) is 0 Å². The van der Waals surface area contributed by atoms with Crippen LogP contribution in [0.3, 0.4) is 0 Å². The Bertz CT molecular complexity index is 2320. The van der Waals surface area contributed by atoms with Crippen molar-refractivity contribution in [2.75, 3.05) is 0 Å². The average Bonchev–Trinajstić information content (AvgIpc) is 3.60. The molecule has 4 fully saturated rings. The molecule has 1 heteroatoms. The van der Waals surface area contributed by atoms with Crippen LogP contribution >= 0.6 is 0 Å². The Labute approximate surface area is 263 Å². The van der Waals surface area contributed by atoms with Gasteiger partial charge in [0, 0.05) is 16.2 Å². The minimum absolute atomic E-state index is 0.197. The van der Waals surface area contributed by atoms with Crippen molar-refractivity contribution in [3.8, 4) is 33.4 Å². The van der Waals surface area contributed by atoms with Crippen LogP contribution in [0.2, 0.25) is 0 Å². The van der Waals surface area contributed by atoms with Crippen molar-refractivity contribution >= 4 is 32.7 Å². The van der Waals surface area contributed by atoms with Gasteiger partial charge in [0.2, 0.25) is 0 Å². The summed E-state index contributed by atoms with van der Waals surface area (Å²) in [5.74, 6) is 3.47. The van der Waals surface area contributed by atoms with E-state index >= 15 is 0 Å². The lowest BCUT2D eigenvalue weighted by Gasteiger charge is -2.61. The molecule has 0 amide bonds. The third-order valence-electron chi connectivity index (χ3n) is 12.4. The second-order valence-corrected chi connectivity index (χ2v) is 14.5. The molecule has 0 unspecified atom stereocenters. The van der Waals surface area contributed by atoms with E-state index in [1.165, 1.54) is 87.0 Å². The van der Waals surface area contributed by atoms with Crippen molar-refractivity contribution in [1.82, 2.24) is 0 Å². The van der Waals surface area contributed by atoms with E-state index in [1.807, 2.05) is 0 Å². The van der Waals surface area contributed by atoms with Crippen LogP contribution in [0, 0.1) is 23.7 Å². The minimum Gasteiger partial charge on any atom is -0.456 e. The molecule has 5 aliphatic carbocycles. The molecule has 7 aromatic rings. The fourth-order valence-corrected chi connectivity index (χ4v) is 10.9. The highest BCUT2D eigenvalue weighted by Gasteiger charge is 2.61. The molecule has 0 radical (unpaired) electrons. The van der Waals surface area contributed by atoms with Crippen molar-refractivity contribution in [2.45, 2.75) is 37.5 Å². The first-order valence-corrected chi connectivity index (χ1v) is 16.9. The van der Waals surface area contributed by atoms with Crippen LogP contribution in [0.5, 0.6) is 0 Å². The Morgan fingerprint density at radius 3 is 2.02 bits per heavy atom. The fraction of sp³-hybridized carbons (Fsp3) is 0.227. The minimum atomic E-state index is 0.197. The maximum Gasteiger partial charge on any atom is 0.136 e. The SMILES string of the molecule is c1ccc2c(c1)-c1cc(-c3cc(-c4ccc5ccccc5c4)cc4oc5ccccc5c34)ccc1C21C2CC3CC(C2)CC1C3. The summed E-state index contributed by atoms with van der Waals surface area (Å²) in [4.78, 5) is 0. The van der Waals surface area contributed by atoms with E-state index in [0.717, 1.165) is 34.8 Å². The molecule has 0 saturated heterocycles. The van der Waals surface area contributed by atoms with Gasteiger partial charge in [-0.3, -0.25) is 0 Å². The number of rotatable bonds is 2. The Morgan fingerprint density at radius 1 is 0.467 bits per heavy atom. The van der Waals surface area contributed by atoms with Crippen LogP contribution in [0.4, 0.5) is 0 Å². The predicted octanol–water partition coefficient (Wildman–Crippen LogP) is 11.8. The van der Waals surface area contributed by atoms with Gasteiger partial charge in [-0.25, -0.2) is 0 Å². The maximum absolute atomic E-state index is 6.57. The molecule has 1 nitrogen and oxygen atoms in total. The van der Waals surface area contributed by atoms with E-state index in [-0.39, 0.29) is 5.41 Å². The Morgan fingerprint density at radius 2 is 1.16 bits per heavy atom. The highest BCUT2D eigenvalue weighted by atomic mass is 16.3. The zero-order valence-corrected chi connectivity index (χ0v) is 25.3. The van der Waals surface area contributed by atoms with E-state index < -0.39 is 0 Å². The summed E-state index contributed by atoms with van der Waals surface area (Å²) >= 11 is 0. The van der Waals surface area contributed by atoms with E-state index in [2.05, 4.69) is 121 Å². The lowest BCUT2D eigenvalue weighted by molar-refractivity contribution is -0.0399. The van der Waals surface area contributed by atoms with Gasteiger partial charge in [0.1, 0.15) is 11.2 Å². The van der Waals surface area contributed by atoms with Crippen LogP contribution < -0.4 is 0 Å². The Kier molecular flexibility index (Phi) is 4.80. The van der Waals surface area contributed by atoms with E-state index in [0.29, 0.717) is 0 Å². The van der Waals surface area contributed by atoms with Crippen molar-refractivity contribution in [1.29, 1.82) is 0 Å². The number of benzene rings is 6. The van der Waals surface area contributed by atoms with Crippen molar-refractivity contribution < 1.29 is 4.42 Å². The summed E-state index contributed by atoms with van der Waals surface area (Å²) in [5, 5.41) is 4.93. The van der Waals surface area contributed by atoms with Crippen molar-refractivity contribution in [3.05, 3.63) is 132 Å². The summed E-state index contributed by atoms with van der Waals surface area (Å²) in [5.41, 5.74) is 13.2. The number of hydrogen-bond acceptors (Lipinski definition) is 1. The fourth-order valence-electron chi connectivity index (χ4n) is 10.9. The first-order valence-electron chi connectivity index (χ1n) is 16.9. The number of para-hydroxylation sites is 1. The van der Waals surface area contributed by atoms with E-state index in [9.17, 15) is 0 Å². The van der Waals surface area contributed by atoms with Gasteiger partial charge in [0.15, 0.2) is 0 Å². The highest BCUT2D eigenvalue weighted by Crippen LogP contribution is 2.69. The molecule has 0 atom stereocenters. The smallest absolute Gasteiger partial charge is 0.136 e. The van der Waals surface area contributed by atoms with Gasteiger partial charge in [-0.2, -0.15) is 0 Å². The number of fused-ring (bicyclic) bond motifs is 7. The molecule has 216 valence electrons. The molecule has 4 saturated carbocycles. The molecule has 45 heavy (non-hydrogen) atoms. The molecule has 6 aromatic carbocycles. The summed E-state index contributed by atoms with van der Waals surface area (Å²) in [6, 6.07) is 45.6. The van der Waals surface area contributed by atoms with Crippen molar-refractivity contribution in [3.63, 3.8) is 0 Å². The molecule has 1 spiro atoms. The quantitative estimate of drug-likeness (QED) is 0.199. The van der Waals surface area contributed by atoms with Gasteiger partial charge in [0.25, 0.3) is 0 Å². The normalized spacial score (nSPS) is 25.9. The zero-order chi connectivity index (χ0) is 29.3. The Balaban J connectivity index is 1.16. The van der Waals surface area contributed by atoms with Gasteiger partial charge in [0.05, 0.1) is 0 Å². The lowest BCUT2D eigenvalue weighted by atomic mass is 9.43. The molecule has 1 heterocycles. The first-order chi connectivity index (χ1) is 22.2. The van der Waals surface area contributed by atoms with Crippen molar-refractivity contribution in [2.24, 2.45) is 23.7 Å². The first kappa shape index (κ1) is 24.7. The van der Waals surface area contributed by atoms with Gasteiger partial charge in [-0.05, 0) is 141 Å². The van der Waals surface area contributed by atoms with Gasteiger partial charge in [-0.1, -0.05) is 91.0 Å². The van der Waals surface area contributed by atoms with Gasteiger partial charge >= 0.3 is 0 Å². The van der Waals surface area contributed by atoms with Crippen LogP contribution in [-0.2, 0) is 5.41 Å². The Hall–Kier alpha value is -4.62. The third-order valence-corrected chi connectivity index (χ3v) is 12.4. The summed E-state index contributed by atoms with van der Waals surface area (Å²) in [6.07, 6.45) is 7.14.